The lowest BCUT2D eigenvalue weighted by Crippen LogP contribution is -2.59. The summed E-state index contributed by atoms with van der Waals surface area (Å²) in [6, 6.07) is 1.46. The van der Waals surface area contributed by atoms with Crippen LogP contribution in [0.5, 0.6) is 0 Å². The van der Waals surface area contributed by atoms with Gasteiger partial charge in [-0.05, 0) is 18.6 Å². The number of carboxylic acid groups (broad SMARTS) is 1. The highest BCUT2D eigenvalue weighted by molar-refractivity contribution is 5.95. The number of carboxylic acids is 1. The molecule has 0 saturated heterocycles. The number of carbonyl (C=O) groups excluding carboxylic acids is 3. The number of aliphatic hydroxyl groups excluding tert-OH is 3. The minimum atomic E-state index is -1.66. The van der Waals surface area contributed by atoms with Crippen LogP contribution in [0, 0.1) is 0 Å². The lowest BCUT2D eigenvalue weighted by molar-refractivity contribution is -0.145. The smallest absolute Gasteiger partial charge is 0.328 e. The summed E-state index contributed by atoms with van der Waals surface area (Å²) in [5, 5.41) is 44.9. The summed E-state index contributed by atoms with van der Waals surface area (Å²) in [5.74, 6) is -4.23. The van der Waals surface area contributed by atoms with E-state index in [-0.39, 0.29) is 6.42 Å². The molecule has 0 fully saturated rings. The van der Waals surface area contributed by atoms with Gasteiger partial charge in [0.05, 0.1) is 19.3 Å². The number of rotatable bonds is 12. The Morgan fingerprint density at radius 1 is 0.971 bits per heavy atom. The number of benzene rings is 1. The standard InChI is InChI=1S/C21H29N5O8/c1-10(29)17(21(33)34)26-20(32)16(9-28)25-19(31)15(24-18(30)13(22)8-27)6-11-7-23-14-5-3-2-4-12(11)14/h2-5,7,10,13,15-17,23,27-29H,6,8-9,22H2,1H3,(H,24,30)(H,25,31)(H,26,32)(H,33,34). The number of aliphatic carboxylic acids is 1. The van der Waals surface area contributed by atoms with Crippen molar-refractivity contribution in [1.29, 1.82) is 0 Å². The lowest BCUT2D eigenvalue weighted by Gasteiger charge is -2.24. The van der Waals surface area contributed by atoms with Crippen molar-refractivity contribution in [1.82, 2.24) is 20.9 Å². The molecule has 1 heterocycles. The number of aliphatic hydroxyl groups is 3. The normalized spacial score (nSPS) is 15.6. The lowest BCUT2D eigenvalue weighted by atomic mass is 10.0. The molecule has 186 valence electrons. The highest BCUT2D eigenvalue weighted by Crippen LogP contribution is 2.19. The van der Waals surface area contributed by atoms with Crippen LogP contribution in [-0.4, -0.2) is 92.6 Å². The van der Waals surface area contributed by atoms with Gasteiger partial charge in [0.15, 0.2) is 6.04 Å². The Labute approximate surface area is 194 Å². The summed E-state index contributed by atoms with van der Waals surface area (Å²) < 4.78 is 0. The van der Waals surface area contributed by atoms with Crippen molar-refractivity contribution in [2.45, 2.75) is 43.6 Å². The van der Waals surface area contributed by atoms with E-state index in [4.69, 9.17) is 15.9 Å². The molecular weight excluding hydrogens is 450 g/mol. The average Bonchev–Trinajstić information content (AvgIpc) is 3.21. The fraction of sp³-hybridized carbons (Fsp3) is 0.429. The first-order valence-corrected chi connectivity index (χ1v) is 10.4. The molecule has 13 heteroatoms. The van der Waals surface area contributed by atoms with Crippen molar-refractivity contribution in [2.24, 2.45) is 5.73 Å². The Morgan fingerprint density at radius 3 is 2.18 bits per heavy atom. The van der Waals surface area contributed by atoms with Gasteiger partial charge >= 0.3 is 5.97 Å². The molecule has 10 N–H and O–H groups in total. The predicted molar refractivity (Wildman–Crippen MR) is 119 cm³/mol. The molecule has 1 aromatic heterocycles. The van der Waals surface area contributed by atoms with Gasteiger partial charge in [-0.25, -0.2) is 4.79 Å². The fourth-order valence-electron chi connectivity index (χ4n) is 3.20. The third-order valence-electron chi connectivity index (χ3n) is 5.13. The first kappa shape index (κ1) is 26.7. The molecule has 34 heavy (non-hydrogen) atoms. The molecule has 0 spiro atoms. The van der Waals surface area contributed by atoms with Gasteiger partial charge in [-0.2, -0.15) is 0 Å². The van der Waals surface area contributed by atoms with Gasteiger partial charge in [-0.3, -0.25) is 14.4 Å². The number of amides is 3. The van der Waals surface area contributed by atoms with Crippen LogP contribution in [-0.2, 0) is 25.6 Å². The predicted octanol–water partition coefficient (Wildman–Crippen LogP) is -3.06. The highest BCUT2D eigenvalue weighted by Gasteiger charge is 2.32. The maximum Gasteiger partial charge on any atom is 0.328 e. The molecule has 13 nitrogen and oxygen atoms in total. The molecule has 0 bridgehead atoms. The molecule has 0 aliphatic rings. The quantitative estimate of drug-likeness (QED) is 0.150. The Morgan fingerprint density at radius 2 is 1.59 bits per heavy atom. The van der Waals surface area contributed by atoms with E-state index in [2.05, 4.69) is 15.6 Å². The van der Waals surface area contributed by atoms with Crippen molar-refractivity contribution in [3.63, 3.8) is 0 Å². The number of para-hydroxylation sites is 1. The van der Waals surface area contributed by atoms with Gasteiger partial charge in [-0.1, -0.05) is 18.2 Å². The van der Waals surface area contributed by atoms with Crippen LogP contribution in [0.25, 0.3) is 10.9 Å². The number of nitrogens with two attached hydrogens (primary N) is 1. The summed E-state index contributed by atoms with van der Waals surface area (Å²) >= 11 is 0. The first-order chi connectivity index (χ1) is 16.1. The van der Waals surface area contributed by atoms with E-state index in [1.165, 1.54) is 0 Å². The van der Waals surface area contributed by atoms with E-state index in [1.807, 2.05) is 23.5 Å². The summed E-state index contributed by atoms with van der Waals surface area (Å²) in [7, 11) is 0. The zero-order valence-electron chi connectivity index (χ0n) is 18.4. The number of fused-ring (bicyclic) bond motifs is 1. The Balaban J connectivity index is 2.22. The van der Waals surface area contributed by atoms with Crippen molar-refractivity contribution in [3.05, 3.63) is 36.0 Å². The number of hydrogen-bond acceptors (Lipinski definition) is 8. The van der Waals surface area contributed by atoms with Crippen LogP contribution < -0.4 is 21.7 Å². The van der Waals surface area contributed by atoms with Crippen molar-refractivity contribution in [3.8, 4) is 0 Å². The zero-order chi connectivity index (χ0) is 25.4. The van der Waals surface area contributed by atoms with Crippen LogP contribution in [0.3, 0.4) is 0 Å². The average molecular weight is 479 g/mol. The number of hydrogen-bond donors (Lipinski definition) is 9. The Kier molecular flexibility index (Phi) is 9.50. The fourth-order valence-corrected chi connectivity index (χ4v) is 3.20. The van der Waals surface area contributed by atoms with Crippen LogP contribution in [0.1, 0.15) is 12.5 Å². The highest BCUT2D eigenvalue weighted by atomic mass is 16.4. The molecular formula is C21H29N5O8. The summed E-state index contributed by atoms with van der Waals surface area (Å²) in [6.07, 6.45) is 0.190. The van der Waals surface area contributed by atoms with E-state index in [9.17, 15) is 29.4 Å². The number of carbonyl (C=O) groups is 4. The molecule has 0 saturated carbocycles. The molecule has 0 aliphatic carbocycles. The van der Waals surface area contributed by atoms with Crippen LogP contribution in [0.4, 0.5) is 0 Å². The monoisotopic (exact) mass is 479 g/mol. The Bertz CT molecular complexity index is 1020. The maximum atomic E-state index is 13.0. The van der Waals surface area contributed by atoms with Crippen LogP contribution >= 0.6 is 0 Å². The van der Waals surface area contributed by atoms with Gasteiger partial charge in [0, 0.05) is 23.5 Å². The van der Waals surface area contributed by atoms with Crippen molar-refractivity contribution >= 4 is 34.6 Å². The van der Waals surface area contributed by atoms with E-state index in [0.717, 1.165) is 17.8 Å². The molecule has 2 rings (SSSR count). The molecule has 5 unspecified atom stereocenters. The van der Waals surface area contributed by atoms with E-state index < -0.39 is 67.2 Å². The van der Waals surface area contributed by atoms with E-state index >= 15 is 0 Å². The van der Waals surface area contributed by atoms with Crippen molar-refractivity contribution < 1.29 is 39.6 Å². The van der Waals surface area contributed by atoms with Gasteiger partial charge in [-0.15, -0.1) is 0 Å². The first-order valence-electron chi connectivity index (χ1n) is 10.4. The number of nitrogens with one attached hydrogen (secondary N) is 4. The largest absolute Gasteiger partial charge is 0.480 e. The summed E-state index contributed by atoms with van der Waals surface area (Å²) in [6.45, 7) is -0.388. The topological polar surface area (TPSA) is 227 Å². The molecule has 1 aromatic carbocycles. The molecule has 5 atom stereocenters. The second-order valence-corrected chi connectivity index (χ2v) is 7.72. The van der Waals surface area contributed by atoms with Crippen LogP contribution in [0.2, 0.25) is 0 Å². The van der Waals surface area contributed by atoms with Crippen molar-refractivity contribution in [2.75, 3.05) is 13.2 Å². The third-order valence-corrected chi connectivity index (χ3v) is 5.13. The SMILES string of the molecule is CC(O)C(NC(=O)C(CO)NC(=O)C(Cc1c[nH]c2ccccc12)NC(=O)C(N)CO)C(=O)O. The molecule has 3 amide bonds. The Hall–Kier alpha value is -3.52. The van der Waals surface area contributed by atoms with Crippen LogP contribution in [0.15, 0.2) is 30.5 Å². The summed E-state index contributed by atoms with van der Waals surface area (Å²) in [5.41, 5.74) is 6.99. The maximum absolute atomic E-state index is 13.0. The number of aromatic nitrogens is 1. The van der Waals surface area contributed by atoms with Gasteiger partial charge in [0.25, 0.3) is 0 Å². The number of H-pyrrole nitrogens is 1. The minimum Gasteiger partial charge on any atom is -0.480 e. The molecule has 0 radical (unpaired) electrons. The molecule has 0 aliphatic heterocycles. The van der Waals surface area contributed by atoms with E-state index in [0.29, 0.717) is 5.56 Å². The third kappa shape index (κ3) is 6.74. The van der Waals surface area contributed by atoms with Gasteiger partial charge in [0.2, 0.25) is 17.7 Å². The second-order valence-electron chi connectivity index (χ2n) is 7.72. The van der Waals surface area contributed by atoms with E-state index in [1.54, 1.807) is 12.3 Å². The zero-order valence-corrected chi connectivity index (χ0v) is 18.4. The summed E-state index contributed by atoms with van der Waals surface area (Å²) in [4.78, 5) is 51.9. The second kappa shape index (κ2) is 12.1. The number of aromatic amines is 1. The molecule has 2 aromatic rings. The van der Waals surface area contributed by atoms with Gasteiger partial charge < -0.3 is 47.1 Å². The van der Waals surface area contributed by atoms with Gasteiger partial charge in [0.1, 0.15) is 18.1 Å². The minimum absolute atomic E-state index is 0.0229.